The van der Waals surface area contributed by atoms with Crippen molar-refractivity contribution in [3.63, 3.8) is 0 Å². The highest BCUT2D eigenvalue weighted by Gasteiger charge is 2.31. The molecular weight excluding hydrogens is 288 g/mol. The van der Waals surface area contributed by atoms with Crippen molar-refractivity contribution in [2.45, 2.75) is 30.3 Å². The van der Waals surface area contributed by atoms with Gasteiger partial charge in [0.2, 0.25) is 10.0 Å². The van der Waals surface area contributed by atoms with Gasteiger partial charge in [-0.2, -0.15) is 0 Å². The van der Waals surface area contributed by atoms with E-state index >= 15 is 0 Å². The van der Waals surface area contributed by atoms with Gasteiger partial charge in [0.1, 0.15) is 0 Å². The topological polar surface area (TPSA) is 81.4 Å². The minimum Gasteiger partial charge on any atom is -0.398 e. The zero-order valence-electron chi connectivity index (χ0n) is 10.6. The van der Waals surface area contributed by atoms with E-state index in [0.29, 0.717) is 12.3 Å². The van der Waals surface area contributed by atoms with Crippen LogP contribution in [-0.4, -0.2) is 27.2 Å². The van der Waals surface area contributed by atoms with E-state index in [1.54, 1.807) is 0 Å². The van der Waals surface area contributed by atoms with E-state index in [1.165, 1.54) is 18.2 Å². The first-order valence-electron chi connectivity index (χ1n) is 6.01. The number of nitrogens with one attached hydrogen (secondary N) is 1. The summed E-state index contributed by atoms with van der Waals surface area (Å²) in [4.78, 5) is 0.105. The van der Waals surface area contributed by atoms with Gasteiger partial charge in [-0.25, -0.2) is 13.1 Å². The summed E-state index contributed by atoms with van der Waals surface area (Å²) >= 11 is 5.83. The molecule has 1 saturated heterocycles. The molecule has 5 nitrogen and oxygen atoms in total. The van der Waals surface area contributed by atoms with Gasteiger partial charge in [-0.3, -0.25) is 0 Å². The van der Waals surface area contributed by atoms with E-state index in [2.05, 4.69) is 4.72 Å². The van der Waals surface area contributed by atoms with E-state index < -0.39 is 15.6 Å². The highest BCUT2D eigenvalue weighted by atomic mass is 35.5. The first-order valence-corrected chi connectivity index (χ1v) is 7.87. The fraction of sp³-hybridized carbons (Fsp3) is 0.500. The van der Waals surface area contributed by atoms with Crippen molar-refractivity contribution in [2.75, 3.05) is 18.9 Å². The molecule has 3 N–H and O–H groups in total. The summed E-state index contributed by atoms with van der Waals surface area (Å²) in [6.45, 7) is 2.82. The smallest absolute Gasteiger partial charge is 0.240 e. The second kappa shape index (κ2) is 5.28. The van der Waals surface area contributed by atoms with Crippen LogP contribution in [0.5, 0.6) is 0 Å². The van der Waals surface area contributed by atoms with Crippen molar-refractivity contribution < 1.29 is 13.2 Å². The maximum absolute atomic E-state index is 12.1. The average molecular weight is 305 g/mol. The number of hydrogen-bond acceptors (Lipinski definition) is 4. The Morgan fingerprint density at radius 3 is 2.84 bits per heavy atom. The Hall–Kier alpha value is -0.820. The maximum Gasteiger partial charge on any atom is 0.240 e. The molecule has 7 heteroatoms. The number of rotatable bonds is 4. The molecular formula is C12H17ClN2O3S. The minimum atomic E-state index is -3.60. The molecule has 0 aliphatic carbocycles. The van der Waals surface area contributed by atoms with E-state index in [1.807, 2.05) is 6.92 Å². The lowest BCUT2D eigenvalue weighted by molar-refractivity contribution is 0.0250. The van der Waals surface area contributed by atoms with Gasteiger partial charge in [-0.05, 0) is 38.0 Å². The fourth-order valence-corrected chi connectivity index (χ4v) is 3.41. The van der Waals surface area contributed by atoms with Gasteiger partial charge in [0.05, 0.1) is 21.2 Å². The maximum atomic E-state index is 12.1. The van der Waals surface area contributed by atoms with Gasteiger partial charge in [-0.1, -0.05) is 11.6 Å². The Morgan fingerprint density at radius 1 is 1.53 bits per heavy atom. The summed E-state index contributed by atoms with van der Waals surface area (Å²) in [6.07, 6.45) is 1.80. The Balaban J connectivity index is 2.11. The SMILES string of the molecule is CC1(CNS(=O)(=O)c2ccc(N)c(Cl)c2)CCCO1. The summed E-state index contributed by atoms with van der Waals surface area (Å²) in [5, 5.41) is 0.228. The van der Waals surface area contributed by atoms with Crippen LogP contribution >= 0.6 is 11.6 Å². The Bertz CT molecular complexity index is 568. The molecule has 1 atom stereocenters. The van der Waals surface area contributed by atoms with Crippen LogP contribution in [0, 0.1) is 0 Å². The zero-order chi connectivity index (χ0) is 14.1. The van der Waals surface area contributed by atoms with Crippen LogP contribution in [0.25, 0.3) is 0 Å². The second-order valence-corrected chi connectivity index (χ2v) is 7.08. The lowest BCUT2D eigenvalue weighted by Crippen LogP contribution is -2.40. The van der Waals surface area contributed by atoms with Crippen LogP contribution in [0.15, 0.2) is 23.1 Å². The van der Waals surface area contributed by atoms with Crippen molar-refractivity contribution in [1.82, 2.24) is 4.72 Å². The first-order chi connectivity index (χ1) is 8.82. The fourth-order valence-electron chi connectivity index (χ4n) is 1.98. The molecule has 0 radical (unpaired) electrons. The van der Waals surface area contributed by atoms with Crippen molar-refractivity contribution in [3.8, 4) is 0 Å². The molecule has 106 valence electrons. The predicted octanol–water partition coefficient (Wildman–Crippen LogP) is 1.77. The molecule has 1 aromatic rings. The van der Waals surface area contributed by atoms with Gasteiger partial charge < -0.3 is 10.5 Å². The van der Waals surface area contributed by atoms with Crippen LogP contribution in [0.2, 0.25) is 5.02 Å². The molecule has 0 saturated carbocycles. The molecule has 1 heterocycles. The summed E-state index contributed by atoms with van der Waals surface area (Å²) in [6, 6.07) is 4.25. The van der Waals surface area contributed by atoms with E-state index in [4.69, 9.17) is 22.1 Å². The van der Waals surface area contributed by atoms with Crippen LogP contribution in [0.4, 0.5) is 5.69 Å². The number of benzene rings is 1. The standard InChI is InChI=1S/C12H17ClN2O3S/c1-12(5-2-6-18-12)8-15-19(16,17)9-3-4-11(14)10(13)7-9/h3-4,7,15H,2,5-6,8,14H2,1H3. The van der Waals surface area contributed by atoms with Gasteiger partial charge in [0.15, 0.2) is 0 Å². The van der Waals surface area contributed by atoms with E-state index in [9.17, 15) is 8.42 Å². The molecule has 2 rings (SSSR count). The van der Waals surface area contributed by atoms with Crippen LogP contribution < -0.4 is 10.5 Å². The molecule has 1 aliphatic heterocycles. The molecule has 0 amide bonds. The third kappa shape index (κ3) is 3.39. The predicted molar refractivity (Wildman–Crippen MR) is 74.6 cm³/mol. The van der Waals surface area contributed by atoms with Gasteiger partial charge in [0, 0.05) is 13.2 Å². The average Bonchev–Trinajstić information content (AvgIpc) is 2.78. The van der Waals surface area contributed by atoms with Gasteiger partial charge >= 0.3 is 0 Å². The molecule has 19 heavy (non-hydrogen) atoms. The molecule has 1 aliphatic rings. The van der Waals surface area contributed by atoms with Crippen LogP contribution in [0.1, 0.15) is 19.8 Å². The van der Waals surface area contributed by atoms with Gasteiger partial charge in [-0.15, -0.1) is 0 Å². The normalized spacial score (nSPS) is 23.7. The molecule has 0 spiro atoms. The highest BCUT2D eigenvalue weighted by Crippen LogP contribution is 2.26. The Labute approximate surface area is 118 Å². The summed E-state index contributed by atoms with van der Waals surface area (Å²) < 4.78 is 32.4. The lowest BCUT2D eigenvalue weighted by Gasteiger charge is -2.23. The molecule has 0 bridgehead atoms. The number of nitrogens with two attached hydrogens (primary N) is 1. The summed E-state index contributed by atoms with van der Waals surface area (Å²) in [7, 11) is -3.60. The molecule has 1 unspecified atom stereocenters. The monoisotopic (exact) mass is 304 g/mol. The Kier molecular flexibility index (Phi) is 4.06. The number of anilines is 1. The molecule has 1 fully saturated rings. The van der Waals surface area contributed by atoms with Crippen molar-refractivity contribution in [2.24, 2.45) is 0 Å². The number of sulfonamides is 1. The minimum absolute atomic E-state index is 0.105. The quantitative estimate of drug-likeness (QED) is 0.831. The van der Waals surface area contributed by atoms with Crippen molar-refractivity contribution in [1.29, 1.82) is 0 Å². The third-order valence-electron chi connectivity index (χ3n) is 3.22. The molecule has 0 aromatic heterocycles. The lowest BCUT2D eigenvalue weighted by atomic mass is 10.0. The van der Waals surface area contributed by atoms with Crippen molar-refractivity contribution >= 4 is 27.3 Å². The van der Waals surface area contributed by atoms with Crippen LogP contribution in [-0.2, 0) is 14.8 Å². The second-order valence-electron chi connectivity index (χ2n) is 4.91. The largest absolute Gasteiger partial charge is 0.398 e. The number of ether oxygens (including phenoxy) is 1. The van der Waals surface area contributed by atoms with E-state index in [0.717, 1.165) is 12.8 Å². The van der Waals surface area contributed by atoms with Crippen molar-refractivity contribution in [3.05, 3.63) is 23.2 Å². The van der Waals surface area contributed by atoms with E-state index in [-0.39, 0.29) is 16.5 Å². The number of halogens is 1. The third-order valence-corrected chi connectivity index (χ3v) is 4.95. The highest BCUT2D eigenvalue weighted by molar-refractivity contribution is 7.89. The zero-order valence-corrected chi connectivity index (χ0v) is 12.2. The van der Waals surface area contributed by atoms with Gasteiger partial charge in [0.25, 0.3) is 0 Å². The first kappa shape index (κ1) is 14.6. The number of nitrogen functional groups attached to an aromatic ring is 1. The number of hydrogen-bond donors (Lipinski definition) is 2. The Morgan fingerprint density at radius 2 is 2.26 bits per heavy atom. The summed E-state index contributed by atoms with van der Waals surface area (Å²) in [5.41, 5.74) is 5.49. The summed E-state index contributed by atoms with van der Waals surface area (Å²) in [5.74, 6) is 0. The molecule has 1 aromatic carbocycles. The van der Waals surface area contributed by atoms with Crippen LogP contribution in [0.3, 0.4) is 0 Å².